The first-order chi connectivity index (χ1) is 5.95. The van der Waals surface area contributed by atoms with Gasteiger partial charge in [-0.1, -0.05) is 0 Å². The van der Waals surface area contributed by atoms with Crippen molar-refractivity contribution in [2.24, 2.45) is 0 Å². The molecule has 0 spiro atoms. The molecule has 0 aliphatic rings. The SMILES string of the molecule is c1cc2n(cnc3ncnn32)n1. The van der Waals surface area contributed by atoms with E-state index in [4.69, 9.17) is 0 Å². The maximum atomic E-state index is 4.03. The fraction of sp³-hybridized carbons (Fsp3) is 0. The van der Waals surface area contributed by atoms with Crippen molar-refractivity contribution in [3.8, 4) is 0 Å². The Balaban J connectivity index is 2.71. The lowest BCUT2D eigenvalue weighted by atomic mass is 10.7. The van der Waals surface area contributed by atoms with Gasteiger partial charge >= 0.3 is 0 Å². The lowest BCUT2D eigenvalue weighted by molar-refractivity contribution is 0.848. The standard InChI is InChI=1S/C6H4N6/c1-2-9-11-4-8-6-7-3-10-12(6)5(1)11/h1-4H. The van der Waals surface area contributed by atoms with Gasteiger partial charge in [-0.25, -0.2) is 4.52 Å². The highest BCUT2D eigenvalue weighted by atomic mass is 15.4. The van der Waals surface area contributed by atoms with Crippen molar-refractivity contribution in [2.75, 3.05) is 0 Å². The van der Waals surface area contributed by atoms with Crippen LogP contribution in [0.25, 0.3) is 11.4 Å². The first-order valence-electron chi connectivity index (χ1n) is 3.43. The Kier molecular flexibility index (Phi) is 0.840. The van der Waals surface area contributed by atoms with Crippen molar-refractivity contribution in [2.45, 2.75) is 0 Å². The van der Waals surface area contributed by atoms with Gasteiger partial charge in [-0.2, -0.15) is 24.7 Å². The molecular formula is C6H4N6. The van der Waals surface area contributed by atoms with Crippen LogP contribution in [0.15, 0.2) is 24.9 Å². The summed E-state index contributed by atoms with van der Waals surface area (Å²) in [5, 5.41) is 8.02. The Morgan fingerprint density at radius 1 is 1.17 bits per heavy atom. The van der Waals surface area contributed by atoms with Gasteiger partial charge < -0.3 is 0 Å². The number of nitrogens with zero attached hydrogens (tertiary/aromatic N) is 6. The smallest absolute Gasteiger partial charge is 0.204 e. The third-order valence-electron chi connectivity index (χ3n) is 1.68. The summed E-state index contributed by atoms with van der Waals surface area (Å²) >= 11 is 0. The molecule has 0 bridgehead atoms. The second kappa shape index (κ2) is 1.79. The molecule has 0 aliphatic heterocycles. The maximum Gasteiger partial charge on any atom is 0.255 e. The van der Waals surface area contributed by atoms with Crippen LogP contribution in [-0.4, -0.2) is 29.2 Å². The van der Waals surface area contributed by atoms with Gasteiger partial charge in [0.2, 0.25) is 0 Å². The van der Waals surface area contributed by atoms with Crippen LogP contribution < -0.4 is 0 Å². The largest absolute Gasteiger partial charge is 0.255 e. The Hall–Kier alpha value is -1.98. The minimum Gasteiger partial charge on any atom is -0.204 e. The number of rotatable bonds is 0. The van der Waals surface area contributed by atoms with E-state index in [2.05, 4.69) is 20.2 Å². The molecule has 6 heteroatoms. The lowest BCUT2D eigenvalue weighted by Crippen LogP contribution is -1.98. The lowest BCUT2D eigenvalue weighted by Gasteiger charge is -1.92. The fourth-order valence-electron chi connectivity index (χ4n) is 1.16. The van der Waals surface area contributed by atoms with Crippen LogP contribution >= 0.6 is 0 Å². The Morgan fingerprint density at radius 2 is 2.17 bits per heavy atom. The summed E-state index contributed by atoms with van der Waals surface area (Å²) in [5.41, 5.74) is 0.859. The van der Waals surface area contributed by atoms with Crippen molar-refractivity contribution >= 4 is 11.4 Å². The van der Waals surface area contributed by atoms with Gasteiger partial charge in [0, 0.05) is 6.07 Å². The van der Waals surface area contributed by atoms with E-state index in [9.17, 15) is 0 Å². The summed E-state index contributed by atoms with van der Waals surface area (Å²) < 4.78 is 3.27. The second-order valence-electron chi connectivity index (χ2n) is 2.35. The molecule has 0 atom stereocenters. The van der Waals surface area contributed by atoms with Gasteiger partial charge in [-0.15, -0.1) is 0 Å². The van der Waals surface area contributed by atoms with Crippen molar-refractivity contribution in [3.63, 3.8) is 0 Å². The highest BCUT2D eigenvalue weighted by Crippen LogP contribution is 2.00. The molecule has 58 valence electrons. The molecule has 3 rings (SSSR count). The first-order valence-corrected chi connectivity index (χ1v) is 3.43. The molecule has 0 N–H and O–H groups in total. The Morgan fingerprint density at radius 3 is 3.17 bits per heavy atom. The topological polar surface area (TPSA) is 60.4 Å². The molecule has 0 amide bonds. The van der Waals surface area contributed by atoms with Crippen LogP contribution in [0.1, 0.15) is 0 Å². The minimum atomic E-state index is 0.586. The first kappa shape index (κ1) is 5.64. The second-order valence-corrected chi connectivity index (χ2v) is 2.35. The maximum absolute atomic E-state index is 4.03. The third-order valence-corrected chi connectivity index (χ3v) is 1.68. The van der Waals surface area contributed by atoms with E-state index in [0.29, 0.717) is 5.78 Å². The summed E-state index contributed by atoms with van der Waals surface area (Å²) in [6.45, 7) is 0. The molecule has 3 aromatic rings. The van der Waals surface area contributed by atoms with E-state index in [1.165, 1.54) is 6.33 Å². The fourth-order valence-corrected chi connectivity index (χ4v) is 1.16. The van der Waals surface area contributed by atoms with E-state index in [1.54, 1.807) is 21.6 Å². The predicted molar refractivity (Wildman–Crippen MR) is 39.5 cm³/mol. The zero-order valence-corrected chi connectivity index (χ0v) is 5.99. The van der Waals surface area contributed by atoms with Crippen LogP contribution in [0.3, 0.4) is 0 Å². The molecule has 0 aliphatic carbocycles. The average molecular weight is 160 g/mol. The molecule has 0 fully saturated rings. The Bertz CT molecular complexity index is 485. The zero-order chi connectivity index (χ0) is 7.97. The van der Waals surface area contributed by atoms with E-state index >= 15 is 0 Å². The van der Waals surface area contributed by atoms with Gasteiger partial charge in [0.25, 0.3) is 5.78 Å². The van der Waals surface area contributed by atoms with Crippen molar-refractivity contribution in [3.05, 3.63) is 24.9 Å². The van der Waals surface area contributed by atoms with Gasteiger partial charge in [-0.3, -0.25) is 0 Å². The van der Waals surface area contributed by atoms with Gasteiger partial charge in [-0.05, 0) is 0 Å². The van der Waals surface area contributed by atoms with Crippen LogP contribution in [0.5, 0.6) is 0 Å². The van der Waals surface area contributed by atoms with Crippen LogP contribution in [0, 0.1) is 0 Å². The molecule has 3 heterocycles. The van der Waals surface area contributed by atoms with Crippen LogP contribution in [0.4, 0.5) is 0 Å². The molecular weight excluding hydrogens is 156 g/mol. The van der Waals surface area contributed by atoms with Crippen LogP contribution in [-0.2, 0) is 0 Å². The number of aromatic nitrogens is 6. The highest BCUT2D eigenvalue weighted by Gasteiger charge is 2.01. The minimum absolute atomic E-state index is 0.586. The molecule has 12 heavy (non-hydrogen) atoms. The summed E-state index contributed by atoms with van der Waals surface area (Å²) in [5.74, 6) is 0.586. The highest BCUT2D eigenvalue weighted by molar-refractivity contribution is 5.43. The summed E-state index contributed by atoms with van der Waals surface area (Å²) in [7, 11) is 0. The molecule has 0 unspecified atom stereocenters. The predicted octanol–water partition coefficient (Wildman–Crippen LogP) is -0.228. The third kappa shape index (κ3) is 0.541. The number of hydrogen-bond acceptors (Lipinski definition) is 4. The quantitative estimate of drug-likeness (QED) is 0.456. The van der Waals surface area contributed by atoms with E-state index in [0.717, 1.165) is 5.65 Å². The van der Waals surface area contributed by atoms with Crippen molar-refractivity contribution < 1.29 is 0 Å². The molecule has 0 radical (unpaired) electrons. The van der Waals surface area contributed by atoms with E-state index in [-0.39, 0.29) is 0 Å². The number of fused-ring (bicyclic) bond motifs is 3. The molecule has 6 nitrogen and oxygen atoms in total. The monoisotopic (exact) mass is 160 g/mol. The summed E-state index contributed by atoms with van der Waals surface area (Å²) in [4.78, 5) is 7.98. The average Bonchev–Trinajstić information content (AvgIpc) is 2.71. The Labute approximate surface area is 66.5 Å². The van der Waals surface area contributed by atoms with Crippen molar-refractivity contribution in [1.29, 1.82) is 0 Å². The van der Waals surface area contributed by atoms with Crippen molar-refractivity contribution in [1.82, 2.24) is 29.2 Å². The van der Waals surface area contributed by atoms with E-state index < -0.39 is 0 Å². The van der Waals surface area contributed by atoms with Crippen LogP contribution in [0.2, 0.25) is 0 Å². The summed E-state index contributed by atoms with van der Waals surface area (Å²) in [6.07, 6.45) is 4.77. The summed E-state index contributed by atoms with van der Waals surface area (Å²) in [6, 6.07) is 1.85. The normalized spacial score (nSPS) is 11.3. The van der Waals surface area contributed by atoms with Gasteiger partial charge in [0.05, 0.1) is 6.20 Å². The molecule has 3 aromatic heterocycles. The molecule has 0 saturated heterocycles. The number of hydrogen-bond donors (Lipinski definition) is 0. The molecule has 0 saturated carbocycles. The van der Waals surface area contributed by atoms with Gasteiger partial charge in [0.1, 0.15) is 12.7 Å². The molecule has 0 aromatic carbocycles. The van der Waals surface area contributed by atoms with Gasteiger partial charge in [0.15, 0.2) is 5.65 Å². The zero-order valence-electron chi connectivity index (χ0n) is 5.99. The van der Waals surface area contributed by atoms with E-state index in [1.807, 2.05) is 6.07 Å².